The van der Waals surface area contributed by atoms with Crippen LogP contribution in [-0.2, 0) is 14.8 Å². The Hall–Kier alpha value is -3.23. The number of halogens is 1. The summed E-state index contributed by atoms with van der Waals surface area (Å²) in [6.45, 7) is 8.12. The maximum absolute atomic E-state index is 13.7. The highest BCUT2D eigenvalue weighted by Gasteiger charge is 2.31. The number of anilines is 2. The maximum atomic E-state index is 13.7. The smallest absolute Gasteiger partial charge is 0.264 e. The minimum absolute atomic E-state index is 0.109. The van der Waals surface area contributed by atoms with Crippen molar-refractivity contribution in [1.29, 1.82) is 0 Å². The van der Waals surface area contributed by atoms with Crippen LogP contribution in [0.5, 0.6) is 5.75 Å². The zero-order chi connectivity index (χ0) is 26.7. The standard InChI is InChI=1S/C28H32ClN3O4S/c1-20-8-11-24(12-9-20)37(34,35)32(23-10-13-27(36-4)25(29)18-23)19-28(33)31-16-14-30(15-17-31)26-7-5-6-21(2)22(26)3/h5-13,18H,14-17,19H2,1-4H3. The van der Waals surface area contributed by atoms with Crippen LogP contribution in [0.1, 0.15) is 16.7 Å². The Bertz CT molecular complexity index is 1390. The lowest BCUT2D eigenvalue weighted by Gasteiger charge is -2.38. The van der Waals surface area contributed by atoms with Crippen LogP contribution in [0.15, 0.2) is 65.6 Å². The van der Waals surface area contributed by atoms with E-state index < -0.39 is 10.0 Å². The van der Waals surface area contributed by atoms with Gasteiger partial charge >= 0.3 is 0 Å². The number of piperazine rings is 1. The molecule has 196 valence electrons. The second-order valence-electron chi connectivity index (χ2n) is 9.23. The molecule has 0 spiro atoms. The Labute approximate surface area is 224 Å². The topological polar surface area (TPSA) is 70.2 Å². The van der Waals surface area contributed by atoms with Crippen molar-refractivity contribution in [1.82, 2.24) is 4.90 Å². The van der Waals surface area contributed by atoms with Gasteiger partial charge in [-0.1, -0.05) is 41.4 Å². The molecule has 0 radical (unpaired) electrons. The van der Waals surface area contributed by atoms with E-state index in [2.05, 4.69) is 30.9 Å². The molecule has 1 aliphatic rings. The lowest BCUT2D eigenvalue weighted by atomic mass is 10.1. The molecule has 1 aliphatic heterocycles. The molecule has 37 heavy (non-hydrogen) atoms. The highest BCUT2D eigenvalue weighted by Crippen LogP contribution is 2.32. The predicted molar refractivity (Wildman–Crippen MR) is 148 cm³/mol. The summed E-state index contributed by atoms with van der Waals surface area (Å²) in [5.41, 5.74) is 4.87. The van der Waals surface area contributed by atoms with Crippen molar-refractivity contribution in [3.63, 3.8) is 0 Å². The van der Waals surface area contributed by atoms with Crippen molar-refractivity contribution in [3.8, 4) is 5.75 Å². The third-order valence-corrected chi connectivity index (χ3v) is 8.94. The van der Waals surface area contributed by atoms with Gasteiger partial charge in [-0.05, 0) is 68.3 Å². The second-order valence-corrected chi connectivity index (χ2v) is 11.5. The van der Waals surface area contributed by atoms with E-state index in [1.54, 1.807) is 41.3 Å². The van der Waals surface area contributed by atoms with Crippen molar-refractivity contribution in [2.24, 2.45) is 0 Å². The Morgan fingerprint density at radius 3 is 2.27 bits per heavy atom. The lowest BCUT2D eigenvalue weighted by molar-refractivity contribution is -0.129. The first kappa shape index (κ1) is 26.8. The first-order valence-electron chi connectivity index (χ1n) is 12.1. The van der Waals surface area contributed by atoms with E-state index >= 15 is 0 Å². The molecular formula is C28H32ClN3O4S. The molecule has 7 nitrogen and oxygen atoms in total. The molecule has 0 atom stereocenters. The number of amides is 1. The van der Waals surface area contributed by atoms with Crippen LogP contribution in [0.2, 0.25) is 5.02 Å². The van der Waals surface area contributed by atoms with Crippen molar-refractivity contribution in [2.75, 3.05) is 49.0 Å². The van der Waals surface area contributed by atoms with E-state index in [-0.39, 0.29) is 22.4 Å². The second kappa shape index (κ2) is 11.0. The Morgan fingerprint density at radius 1 is 0.973 bits per heavy atom. The molecule has 3 aromatic rings. The Kier molecular flexibility index (Phi) is 7.99. The van der Waals surface area contributed by atoms with Gasteiger partial charge in [-0.3, -0.25) is 9.10 Å². The zero-order valence-corrected chi connectivity index (χ0v) is 23.1. The molecule has 1 fully saturated rings. The van der Waals surface area contributed by atoms with E-state index in [0.717, 1.165) is 9.87 Å². The fourth-order valence-corrected chi connectivity index (χ4v) is 6.12. The van der Waals surface area contributed by atoms with Crippen molar-refractivity contribution in [3.05, 3.63) is 82.4 Å². The van der Waals surface area contributed by atoms with Gasteiger partial charge in [0.2, 0.25) is 5.91 Å². The maximum Gasteiger partial charge on any atom is 0.264 e. The molecule has 1 heterocycles. The van der Waals surface area contributed by atoms with Crippen LogP contribution >= 0.6 is 11.6 Å². The number of carbonyl (C=O) groups excluding carboxylic acids is 1. The van der Waals surface area contributed by atoms with Crippen LogP contribution in [0.3, 0.4) is 0 Å². The highest BCUT2D eigenvalue weighted by molar-refractivity contribution is 7.92. The molecule has 0 bridgehead atoms. The van der Waals surface area contributed by atoms with Gasteiger partial charge in [0, 0.05) is 31.9 Å². The molecule has 0 N–H and O–H groups in total. The van der Waals surface area contributed by atoms with Crippen molar-refractivity contribution in [2.45, 2.75) is 25.7 Å². The van der Waals surface area contributed by atoms with E-state index in [9.17, 15) is 13.2 Å². The number of nitrogens with zero attached hydrogens (tertiary/aromatic N) is 3. The number of ether oxygens (including phenoxy) is 1. The number of methoxy groups -OCH3 is 1. The largest absolute Gasteiger partial charge is 0.495 e. The molecule has 0 aliphatic carbocycles. The summed E-state index contributed by atoms with van der Waals surface area (Å²) in [6.07, 6.45) is 0. The first-order valence-corrected chi connectivity index (χ1v) is 14.0. The van der Waals surface area contributed by atoms with E-state index in [0.29, 0.717) is 37.6 Å². The molecule has 9 heteroatoms. The predicted octanol–water partition coefficient (Wildman–Crippen LogP) is 4.82. The molecular weight excluding hydrogens is 510 g/mol. The number of rotatable bonds is 7. The van der Waals surface area contributed by atoms with Crippen LogP contribution in [0, 0.1) is 20.8 Å². The van der Waals surface area contributed by atoms with Crippen LogP contribution in [-0.4, -0.2) is 59.1 Å². The number of hydrogen-bond donors (Lipinski definition) is 0. The Balaban J connectivity index is 1.57. The summed E-state index contributed by atoms with van der Waals surface area (Å²) in [4.78, 5) is 17.5. The van der Waals surface area contributed by atoms with E-state index in [4.69, 9.17) is 16.3 Å². The number of benzene rings is 3. The van der Waals surface area contributed by atoms with Crippen molar-refractivity contribution >= 4 is 38.9 Å². The van der Waals surface area contributed by atoms with Gasteiger partial charge in [0.15, 0.2) is 0 Å². The minimum atomic E-state index is -4.03. The molecule has 3 aromatic carbocycles. The number of sulfonamides is 1. The van der Waals surface area contributed by atoms with Crippen LogP contribution in [0.25, 0.3) is 0 Å². The molecule has 0 unspecified atom stereocenters. The number of aryl methyl sites for hydroxylation is 2. The summed E-state index contributed by atoms with van der Waals surface area (Å²) < 4.78 is 33.8. The normalized spacial score (nSPS) is 14.0. The van der Waals surface area contributed by atoms with Crippen molar-refractivity contribution < 1.29 is 17.9 Å². The van der Waals surface area contributed by atoms with E-state index in [1.807, 2.05) is 13.0 Å². The summed E-state index contributed by atoms with van der Waals surface area (Å²) in [7, 11) is -2.54. The fourth-order valence-electron chi connectivity index (χ4n) is 4.46. The van der Waals surface area contributed by atoms with E-state index in [1.165, 1.54) is 30.0 Å². The number of carbonyl (C=O) groups is 1. The molecule has 1 saturated heterocycles. The van der Waals surface area contributed by atoms with Gasteiger partial charge in [-0.25, -0.2) is 8.42 Å². The molecule has 1 amide bonds. The van der Waals surface area contributed by atoms with Gasteiger partial charge in [0.1, 0.15) is 12.3 Å². The highest BCUT2D eigenvalue weighted by atomic mass is 35.5. The minimum Gasteiger partial charge on any atom is -0.495 e. The average molecular weight is 542 g/mol. The summed E-state index contributed by atoms with van der Waals surface area (Å²) >= 11 is 6.33. The molecule has 0 aromatic heterocycles. The Morgan fingerprint density at radius 2 is 1.65 bits per heavy atom. The third-order valence-electron chi connectivity index (χ3n) is 6.86. The van der Waals surface area contributed by atoms with Gasteiger partial charge in [0.05, 0.1) is 22.7 Å². The van der Waals surface area contributed by atoms with Gasteiger partial charge in [0.25, 0.3) is 10.0 Å². The lowest BCUT2D eigenvalue weighted by Crippen LogP contribution is -2.52. The SMILES string of the molecule is COc1ccc(N(CC(=O)N2CCN(c3cccc(C)c3C)CC2)S(=O)(=O)c2ccc(C)cc2)cc1Cl. The third kappa shape index (κ3) is 5.70. The summed E-state index contributed by atoms with van der Waals surface area (Å²) in [6, 6.07) is 17.5. The van der Waals surface area contributed by atoms with Gasteiger partial charge in [-0.2, -0.15) is 0 Å². The molecule has 0 saturated carbocycles. The van der Waals surface area contributed by atoms with Crippen LogP contribution in [0.4, 0.5) is 11.4 Å². The zero-order valence-electron chi connectivity index (χ0n) is 21.6. The van der Waals surface area contributed by atoms with Gasteiger partial charge < -0.3 is 14.5 Å². The number of hydrogen-bond acceptors (Lipinski definition) is 5. The fraction of sp³-hybridized carbons (Fsp3) is 0.321. The first-order chi connectivity index (χ1) is 17.6. The monoisotopic (exact) mass is 541 g/mol. The molecule has 4 rings (SSSR count). The summed E-state index contributed by atoms with van der Waals surface area (Å²) in [5.74, 6) is 0.162. The quantitative estimate of drug-likeness (QED) is 0.429. The average Bonchev–Trinajstić information content (AvgIpc) is 2.89. The van der Waals surface area contributed by atoms with Gasteiger partial charge in [-0.15, -0.1) is 0 Å². The van der Waals surface area contributed by atoms with Crippen LogP contribution < -0.4 is 13.9 Å². The summed E-state index contributed by atoms with van der Waals surface area (Å²) in [5, 5.41) is 0.263.